The summed E-state index contributed by atoms with van der Waals surface area (Å²) in [6, 6.07) is 12.6. The van der Waals surface area contributed by atoms with Crippen molar-refractivity contribution in [3.8, 4) is 5.75 Å². The number of ether oxygens (including phenoxy) is 1. The van der Waals surface area contributed by atoms with E-state index in [1.54, 1.807) is 36.8 Å². The first kappa shape index (κ1) is 19.3. The molecule has 3 aromatic rings. The average molecular weight is 404 g/mol. The van der Waals surface area contributed by atoms with E-state index in [-0.39, 0.29) is 12.0 Å². The summed E-state index contributed by atoms with van der Waals surface area (Å²) in [6.45, 7) is 2.35. The molecule has 1 atom stereocenters. The molecule has 5 nitrogen and oxygen atoms in total. The minimum absolute atomic E-state index is 0.0328. The highest BCUT2D eigenvalue weighted by atomic mass is 35.5. The Morgan fingerprint density at radius 2 is 2.00 bits per heavy atom. The third-order valence-electron chi connectivity index (χ3n) is 3.98. The van der Waals surface area contributed by atoms with Crippen molar-refractivity contribution in [1.82, 2.24) is 9.55 Å². The molecule has 0 saturated carbocycles. The lowest BCUT2D eigenvalue weighted by atomic mass is 10.1. The number of carbonyl (C=O) groups is 1. The second-order valence-electron chi connectivity index (χ2n) is 5.96. The van der Waals surface area contributed by atoms with E-state index in [2.05, 4.69) is 10.3 Å². The number of aromatic nitrogens is 2. The topological polar surface area (TPSA) is 56.1 Å². The number of anilines is 1. The normalized spacial score (nSPS) is 11.8. The summed E-state index contributed by atoms with van der Waals surface area (Å²) in [4.78, 5) is 15.6. The summed E-state index contributed by atoms with van der Waals surface area (Å²) in [7, 11) is 0. The third kappa shape index (κ3) is 5.25. The number of hydrogen-bond acceptors (Lipinski definition) is 3. The fourth-order valence-corrected chi connectivity index (χ4v) is 3.11. The van der Waals surface area contributed by atoms with Crippen molar-refractivity contribution in [2.24, 2.45) is 0 Å². The smallest absolute Gasteiger partial charge is 0.224 e. The van der Waals surface area contributed by atoms with Crippen LogP contribution in [-0.4, -0.2) is 15.5 Å². The standard InChI is InChI=1S/C20H19Cl2N3O2/c1-2-20(26)24-15-4-6-16(7-5-15)27-19(12-25-10-9-23-13-25)17-8-3-14(21)11-18(17)22/h3-11,13,19H,2,12H2,1H3,(H,24,26). The number of nitrogens with one attached hydrogen (secondary N) is 1. The van der Waals surface area contributed by atoms with Crippen molar-refractivity contribution in [3.05, 3.63) is 76.8 Å². The predicted octanol–water partition coefficient (Wildman–Crippen LogP) is 5.36. The van der Waals surface area contributed by atoms with Gasteiger partial charge in [0.05, 0.1) is 12.9 Å². The summed E-state index contributed by atoms with van der Waals surface area (Å²) in [5, 5.41) is 3.92. The quantitative estimate of drug-likeness (QED) is 0.577. The molecule has 1 N–H and O–H groups in total. The van der Waals surface area contributed by atoms with E-state index < -0.39 is 0 Å². The number of hydrogen-bond donors (Lipinski definition) is 1. The highest BCUT2D eigenvalue weighted by molar-refractivity contribution is 6.35. The minimum Gasteiger partial charge on any atom is -0.484 e. The molecule has 0 saturated heterocycles. The molecule has 27 heavy (non-hydrogen) atoms. The maximum Gasteiger partial charge on any atom is 0.224 e. The molecule has 0 radical (unpaired) electrons. The maximum atomic E-state index is 11.5. The fourth-order valence-electron chi connectivity index (χ4n) is 2.58. The molecule has 0 aliphatic heterocycles. The zero-order valence-electron chi connectivity index (χ0n) is 14.7. The van der Waals surface area contributed by atoms with Crippen LogP contribution in [0.4, 0.5) is 5.69 Å². The summed E-state index contributed by atoms with van der Waals surface area (Å²) < 4.78 is 8.11. The summed E-state index contributed by atoms with van der Waals surface area (Å²) in [5.41, 5.74) is 1.56. The number of benzene rings is 2. The zero-order chi connectivity index (χ0) is 19.2. The van der Waals surface area contributed by atoms with E-state index in [1.807, 2.05) is 35.9 Å². The Morgan fingerprint density at radius 3 is 2.63 bits per heavy atom. The van der Waals surface area contributed by atoms with E-state index in [0.717, 1.165) is 11.3 Å². The maximum absolute atomic E-state index is 11.5. The molecule has 1 amide bonds. The van der Waals surface area contributed by atoms with Gasteiger partial charge in [-0.2, -0.15) is 0 Å². The molecular formula is C20H19Cl2N3O2. The lowest BCUT2D eigenvalue weighted by Crippen LogP contribution is -2.15. The lowest BCUT2D eigenvalue weighted by molar-refractivity contribution is -0.115. The van der Waals surface area contributed by atoms with Crippen LogP contribution >= 0.6 is 23.2 Å². The fraction of sp³-hybridized carbons (Fsp3) is 0.200. The van der Waals surface area contributed by atoms with Gasteiger partial charge in [0.2, 0.25) is 5.91 Å². The molecule has 1 heterocycles. The number of halogens is 2. The number of carbonyl (C=O) groups excluding carboxylic acids is 1. The minimum atomic E-state index is -0.333. The molecule has 2 aromatic carbocycles. The Morgan fingerprint density at radius 1 is 1.22 bits per heavy atom. The van der Waals surface area contributed by atoms with Crippen molar-refractivity contribution in [1.29, 1.82) is 0 Å². The van der Waals surface area contributed by atoms with Crippen LogP contribution in [-0.2, 0) is 11.3 Å². The molecule has 3 rings (SSSR count). The molecular weight excluding hydrogens is 385 g/mol. The van der Waals surface area contributed by atoms with Crippen molar-refractivity contribution < 1.29 is 9.53 Å². The monoisotopic (exact) mass is 403 g/mol. The van der Waals surface area contributed by atoms with Gasteiger partial charge in [0, 0.05) is 40.1 Å². The Labute approximate surface area is 167 Å². The van der Waals surface area contributed by atoms with Crippen molar-refractivity contribution in [2.45, 2.75) is 26.0 Å². The van der Waals surface area contributed by atoms with Crippen LogP contribution in [0.25, 0.3) is 0 Å². The van der Waals surface area contributed by atoms with E-state index >= 15 is 0 Å². The van der Waals surface area contributed by atoms with Crippen LogP contribution in [0.3, 0.4) is 0 Å². The summed E-state index contributed by atoms with van der Waals surface area (Å²) in [5.74, 6) is 0.634. The molecule has 7 heteroatoms. The van der Waals surface area contributed by atoms with Crippen LogP contribution < -0.4 is 10.1 Å². The number of rotatable bonds is 7. The number of nitrogens with zero attached hydrogens (tertiary/aromatic N) is 2. The van der Waals surface area contributed by atoms with Gasteiger partial charge in [0.25, 0.3) is 0 Å². The molecule has 1 unspecified atom stereocenters. The largest absolute Gasteiger partial charge is 0.484 e. The third-order valence-corrected chi connectivity index (χ3v) is 4.55. The van der Waals surface area contributed by atoms with Gasteiger partial charge in [0.15, 0.2) is 0 Å². The Hall–Kier alpha value is -2.50. The van der Waals surface area contributed by atoms with Crippen molar-refractivity contribution in [3.63, 3.8) is 0 Å². The van der Waals surface area contributed by atoms with Gasteiger partial charge in [0.1, 0.15) is 11.9 Å². The molecule has 0 aliphatic carbocycles. The van der Waals surface area contributed by atoms with Crippen LogP contribution in [0.1, 0.15) is 25.0 Å². The Kier molecular flexibility index (Phi) is 6.37. The first-order valence-corrected chi connectivity index (χ1v) is 9.28. The van der Waals surface area contributed by atoms with Crippen LogP contribution in [0.5, 0.6) is 5.75 Å². The van der Waals surface area contributed by atoms with Gasteiger partial charge in [-0.1, -0.05) is 36.2 Å². The van der Waals surface area contributed by atoms with Crippen LogP contribution in [0, 0.1) is 0 Å². The van der Waals surface area contributed by atoms with E-state index in [4.69, 9.17) is 27.9 Å². The molecule has 140 valence electrons. The highest BCUT2D eigenvalue weighted by Gasteiger charge is 2.18. The first-order chi connectivity index (χ1) is 13.0. The van der Waals surface area contributed by atoms with Crippen LogP contribution in [0.15, 0.2) is 61.2 Å². The second-order valence-corrected chi connectivity index (χ2v) is 6.80. The summed E-state index contributed by atoms with van der Waals surface area (Å²) in [6.07, 6.45) is 5.40. The van der Waals surface area contributed by atoms with Gasteiger partial charge in [-0.25, -0.2) is 4.98 Å². The Bertz CT molecular complexity index is 896. The van der Waals surface area contributed by atoms with Crippen LogP contribution in [0.2, 0.25) is 10.0 Å². The van der Waals surface area contributed by atoms with Crippen molar-refractivity contribution in [2.75, 3.05) is 5.32 Å². The second kappa shape index (κ2) is 8.93. The van der Waals surface area contributed by atoms with E-state index in [1.165, 1.54) is 0 Å². The van der Waals surface area contributed by atoms with Crippen molar-refractivity contribution >= 4 is 34.8 Å². The highest BCUT2D eigenvalue weighted by Crippen LogP contribution is 2.31. The molecule has 0 fully saturated rings. The predicted molar refractivity (Wildman–Crippen MR) is 107 cm³/mol. The average Bonchev–Trinajstić information content (AvgIpc) is 3.16. The number of imidazole rings is 1. The SMILES string of the molecule is CCC(=O)Nc1ccc(OC(Cn2ccnc2)c2ccc(Cl)cc2Cl)cc1. The van der Waals surface area contributed by atoms with E-state index in [0.29, 0.717) is 28.8 Å². The molecule has 1 aromatic heterocycles. The molecule has 0 spiro atoms. The molecule has 0 aliphatic rings. The lowest BCUT2D eigenvalue weighted by Gasteiger charge is -2.21. The first-order valence-electron chi connectivity index (χ1n) is 8.52. The summed E-state index contributed by atoms with van der Waals surface area (Å²) >= 11 is 12.4. The number of amides is 1. The van der Waals surface area contributed by atoms with Gasteiger partial charge in [-0.05, 0) is 36.4 Å². The van der Waals surface area contributed by atoms with Gasteiger partial charge >= 0.3 is 0 Å². The zero-order valence-corrected chi connectivity index (χ0v) is 16.2. The molecule has 0 bridgehead atoms. The van der Waals surface area contributed by atoms with Gasteiger partial charge < -0.3 is 14.6 Å². The van der Waals surface area contributed by atoms with E-state index in [9.17, 15) is 4.79 Å². The van der Waals surface area contributed by atoms with Gasteiger partial charge in [-0.3, -0.25) is 4.79 Å². The van der Waals surface area contributed by atoms with Gasteiger partial charge in [-0.15, -0.1) is 0 Å². The Balaban J connectivity index is 1.81.